The van der Waals surface area contributed by atoms with Gasteiger partial charge in [0.25, 0.3) is 0 Å². The van der Waals surface area contributed by atoms with E-state index in [2.05, 4.69) is 34.2 Å². The van der Waals surface area contributed by atoms with Crippen molar-refractivity contribution in [1.82, 2.24) is 20.3 Å². The van der Waals surface area contributed by atoms with Gasteiger partial charge in [-0.3, -0.25) is 4.90 Å². The lowest BCUT2D eigenvalue weighted by Crippen LogP contribution is -2.41. The van der Waals surface area contributed by atoms with E-state index in [1.165, 1.54) is 4.90 Å². The van der Waals surface area contributed by atoms with E-state index in [0.717, 1.165) is 31.2 Å². The summed E-state index contributed by atoms with van der Waals surface area (Å²) < 4.78 is 43.4. The SMILES string of the molecule is CCNC(=NCc1cc(C(C)C)no1)N1CCC(CN(CC)CC(F)(F)F)C1. The molecule has 0 aromatic carbocycles. The zero-order valence-electron chi connectivity index (χ0n) is 17.2. The molecular formula is C19H32F3N5O. The third kappa shape index (κ3) is 7.00. The van der Waals surface area contributed by atoms with E-state index >= 15 is 0 Å². The summed E-state index contributed by atoms with van der Waals surface area (Å²) in [6, 6.07) is 1.92. The molecule has 1 atom stereocenters. The van der Waals surface area contributed by atoms with Crippen molar-refractivity contribution in [2.75, 3.05) is 39.3 Å². The monoisotopic (exact) mass is 403 g/mol. The topological polar surface area (TPSA) is 56.9 Å². The van der Waals surface area contributed by atoms with Crippen molar-refractivity contribution in [3.63, 3.8) is 0 Å². The molecule has 2 rings (SSSR count). The third-order valence-electron chi connectivity index (χ3n) is 4.84. The van der Waals surface area contributed by atoms with E-state index in [1.807, 2.05) is 13.0 Å². The molecule has 0 radical (unpaired) electrons. The Morgan fingerprint density at radius 3 is 2.75 bits per heavy atom. The molecule has 1 saturated heterocycles. The number of aliphatic imine (C=N–C) groups is 1. The number of nitrogens with one attached hydrogen (secondary N) is 1. The molecule has 1 aliphatic heterocycles. The van der Waals surface area contributed by atoms with Crippen LogP contribution in [0.1, 0.15) is 51.5 Å². The number of nitrogens with zero attached hydrogens (tertiary/aromatic N) is 4. The Hall–Kier alpha value is -1.77. The van der Waals surface area contributed by atoms with Crippen LogP contribution in [0.5, 0.6) is 0 Å². The highest BCUT2D eigenvalue weighted by molar-refractivity contribution is 5.80. The van der Waals surface area contributed by atoms with Gasteiger partial charge in [-0.2, -0.15) is 13.2 Å². The number of guanidine groups is 1. The van der Waals surface area contributed by atoms with Crippen LogP contribution in [0.4, 0.5) is 13.2 Å². The zero-order chi connectivity index (χ0) is 20.7. The Bertz CT molecular complexity index is 629. The first kappa shape index (κ1) is 22.5. The van der Waals surface area contributed by atoms with Crippen LogP contribution in [0.15, 0.2) is 15.6 Å². The summed E-state index contributed by atoms with van der Waals surface area (Å²) in [6.07, 6.45) is -3.30. The molecule has 0 saturated carbocycles. The highest BCUT2D eigenvalue weighted by Gasteiger charge is 2.33. The first-order chi connectivity index (χ1) is 13.2. The summed E-state index contributed by atoms with van der Waals surface area (Å²) in [6.45, 7) is 10.5. The Kier molecular flexibility index (Phi) is 8.15. The van der Waals surface area contributed by atoms with Gasteiger partial charge in [0.2, 0.25) is 0 Å². The van der Waals surface area contributed by atoms with E-state index in [0.29, 0.717) is 37.9 Å². The molecular weight excluding hydrogens is 371 g/mol. The lowest BCUT2D eigenvalue weighted by molar-refractivity contribution is -0.146. The van der Waals surface area contributed by atoms with Crippen LogP contribution in [-0.2, 0) is 6.54 Å². The number of likely N-dealkylation sites (tertiary alicyclic amines) is 1. The van der Waals surface area contributed by atoms with E-state index in [-0.39, 0.29) is 5.92 Å². The predicted molar refractivity (Wildman–Crippen MR) is 103 cm³/mol. The van der Waals surface area contributed by atoms with Crippen molar-refractivity contribution in [3.8, 4) is 0 Å². The Morgan fingerprint density at radius 1 is 1.43 bits per heavy atom. The highest BCUT2D eigenvalue weighted by atomic mass is 19.4. The van der Waals surface area contributed by atoms with Gasteiger partial charge in [-0.1, -0.05) is 25.9 Å². The van der Waals surface area contributed by atoms with Gasteiger partial charge in [-0.25, -0.2) is 4.99 Å². The number of hydrogen-bond acceptors (Lipinski definition) is 4. The van der Waals surface area contributed by atoms with Crippen molar-refractivity contribution in [2.24, 2.45) is 10.9 Å². The fourth-order valence-electron chi connectivity index (χ4n) is 3.35. The molecule has 6 nitrogen and oxygen atoms in total. The molecule has 0 spiro atoms. The molecule has 9 heteroatoms. The van der Waals surface area contributed by atoms with Gasteiger partial charge >= 0.3 is 6.18 Å². The first-order valence-corrected chi connectivity index (χ1v) is 9.99. The lowest BCUT2D eigenvalue weighted by atomic mass is 10.1. The van der Waals surface area contributed by atoms with Crippen molar-refractivity contribution in [2.45, 2.75) is 52.8 Å². The molecule has 1 aromatic heterocycles. The van der Waals surface area contributed by atoms with Gasteiger partial charge in [-0.15, -0.1) is 0 Å². The quantitative estimate of drug-likeness (QED) is 0.532. The molecule has 1 fully saturated rings. The Balaban J connectivity index is 1.94. The molecule has 1 aromatic rings. The van der Waals surface area contributed by atoms with Gasteiger partial charge in [0, 0.05) is 32.2 Å². The van der Waals surface area contributed by atoms with Crippen LogP contribution in [-0.4, -0.2) is 66.4 Å². The minimum atomic E-state index is -4.16. The van der Waals surface area contributed by atoms with Crippen LogP contribution < -0.4 is 5.32 Å². The van der Waals surface area contributed by atoms with Crippen molar-refractivity contribution in [3.05, 3.63) is 17.5 Å². The standard InChI is InChI=1S/C19H32F3N5O/c1-5-23-18(24-10-16-9-17(14(3)4)25-28-16)27-8-7-15(12-27)11-26(6-2)13-19(20,21)22/h9,14-15H,5-8,10-13H2,1-4H3,(H,23,24). The van der Waals surface area contributed by atoms with E-state index in [9.17, 15) is 13.2 Å². The molecule has 160 valence electrons. The third-order valence-corrected chi connectivity index (χ3v) is 4.84. The van der Waals surface area contributed by atoms with Crippen molar-refractivity contribution in [1.29, 1.82) is 0 Å². The molecule has 0 bridgehead atoms. The van der Waals surface area contributed by atoms with Crippen LogP contribution in [0.25, 0.3) is 0 Å². The molecule has 0 aliphatic carbocycles. The first-order valence-electron chi connectivity index (χ1n) is 9.99. The summed E-state index contributed by atoms with van der Waals surface area (Å²) in [5.74, 6) is 1.97. The Morgan fingerprint density at radius 2 is 2.18 bits per heavy atom. The van der Waals surface area contributed by atoms with Gasteiger partial charge < -0.3 is 14.7 Å². The minimum Gasteiger partial charge on any atom is -0.359 e. The zero-order valence-corrected chi connectivity index (χ0v) is 17.2. The lowest BCUT2D eigenvalue weighted by Gasteiger charge is -2.26. The van der Waals surface area contributed by atoms with Gasteiger partial charge in [-0.05, 0) is 31.7 Å². The summed E-state index contributed by atoms with van der Waals surface area (Å²) in [4.78, 5) is 8.23. The molecule has 0 amide bonds. The second-order valence-corrected chi connectivity index (χ2v) is 7.59. The fraction of sp³-hybridized carbons (Fsp3) is 0.789. The van der Waals surface area contributed by atoms with Crippen LogP contribution >= 0.6 is 0 Å². The minimum absolute atomic E-state index is 0.198. The van der Waals surface area contributed by atoms with Crippen LogP contribution in [0, 0.1) is 5.92 Å². The van der Waals surface area contributed by atoms with Crippen molar-refractivity contribution < 1.29 is 17.7 Å². The van der Waals surface area contributed by atoms with E-state index < -0.39 is 12.7 Å². The van der Waals surface area contributed by atoms with Gasteiger partial charge in [0.05, 0.1) is 12.2 Å². The summed E-state index contributed by atoms with van der Waals surface area (Å²) in [5, 5.41) is 7.32. The molecule has 28 heavy (non-hydrogen) atoms. The van der Waals surface area contributed by atoms with Crippen LogP contribution in [0.3, 0.4) is 0 Å². The summed E-state index contributed by atoms with van der Waals surface area (Å²) >= 11 is 0. The van der Waals surface area contributed by atoms with E-state index in [1.54, 1.807) is 6.92 Å². The number of aromatic nitrogens is 1. The average molecular weight is 403 g/mol. The molecule has 1 N–H and O–H groups in total. The van der Waals surface area contributed by atoms with Crippen LogP contribution in [0.2, 0.25) is 0 Å². The largest absolute Gasteiger partial charge is 0.401 e. The smallest absolute Gasteiger partial charge is 0.359 e. The molecule has 1 aliphatic rings. The Labute approximate surface area is 165 Å². The number of halogens is 3. The second kappa shape index (κ2) is 10.1. The second-order valence-electron chi connectivity index (χ2n) is 7.59. The fourth-order valence-corrected chi connectivity index (χ4v) is 3.35. The maximum absolute atomic E-state index is 12.7. The van der Waals surface area contributed by atoms with E-state index in [4.69, 9.17) is 4.52 Å². The number of hydrogen-bond donors (Lipinski definition) is 1. The number of rotatable bonds is 8. The number of alkyl halides is 3. The highest BCUT2D eigenvalue weighted by Crippen LogP contribution is 2.22. The maximum atomic E-state index is 12.7. The van der Waals surface area contributed by atoms with Gasteiger partial charge in [0.15, 0.2) is 11.7 Å². The molecule has 2 heterocycles. The van der Waals surface area contributed by atoms with Crippen molar-refractivity contribution >= 4 is 5.96 Å². The average Bonchev–Trinajstić information content (AvgIpc) is 3.26. The maximum Gasteiger partial charge on any atom is 0.401 e. The normalized spacial score (nSPS) is 18.5. The predicted octanol–water partition coefficient (Wildman–Crippen LogP) is 3.47. The van der Waals surface area contributed by atoms with Gasteiger partial charge in [0.1, 0.15) is 6.54 Å². The summed E-state index contributed by atoms with van der Waals surface area (Å²) in [5.41, 5.74) is 0.903. The molecule has 1 unspecified atom stereocenters. The summed E-state index contributed by atoms with van der Waals surface area (Å²) in [7, 11) is 0.